The number of benzene rings is 2. The van der Waals surface area contributed by atoms with Gasteiger partial charge in [0.2, 0.25) is 10.0 Å². The van der Waals surface area contributed by atoms with Crippen LogP contribution in [0, 0.1) is 6.92 Å². The third-order valence-electron chi connectivity index (χ3n) is 6.01. The van der Waals surface area contributed by atoms with Crippen LogP contribution in [-0.4, -0.2) is 40.8 Å². The molecule has 5 rings (SSSR count). The lowest BCUT2D eigenvalue weighted by atomic mass is 9.93. The SMILES string of the molecule is Cc1cc(-c2ccccc2)cc([C@H]2CCCN(S(=O)(=O)c3ccc4[nH]c(=O)[nH]c4c3)C2)n1. The van der Waals surface area contributed by atoms with Crippen molar-refractivity contribution in [2.45, 2.75) is 30.6 Å². The molecule has 164 valence electrons. The topological polar surface area (TPSA) is 98.9 Å². The van der Waals surface area contributed by atoms with Crippen LogP contribution in [0.2, 0.25) is 0 Å². The number of rotatable bonds is 4. The first-order valence-corrected chi connectivity index (χ1v) is 12.1. The first-order valence-electron chi connectivity index (χ1n) is 10.7. The first kappa shape index (κ1) is 20.7. The number of hydrogen-bond donors (Lipinski definition) is 2. The van der Waals surface area contributed by atoms with Gasteiger partial charge in [-0.05, 0) is 61.2 Å². The Balaban J connectivity index is 1.45. The van der Waals surface area contributed by atoms with Crippen LogP contribution >= 0.6 is 0 Å². The van der Waals surface area contributed by atoms with Gasteiger partial charge in [0.15, 0.2) is 0 Å². The standard InChI is InChI=1S/C24H24N4O3S/c1-16-12-19(17-6-3-2-4-7-17)13-22(25-16)18-8-5-11-28(15-18)32(30,31)20-9-10-21-23(14-20)27-24(29)26-21/h2-4,6-7,9-10,12-14,18H,5,8,11,15H2,1H3,(H2,26,27,29)/t18-/m0/s1. The molecule has 7 nitrogen and oxygen atoms in total. The fourth-order valence-corrected chi connectivity index (χ4v) is 5.97. The van der Waals surface area contributed by atoms with Gasteiger partial charge in [0, 0.05) is 30.4 Å². The van der Waals surface area contributed by atoms with E-state index in [1.54, 1.807) is 16.4 Å². The minimum atomic E-state index is -3.69. The number of aromatic amines is 2. The summed E-state index contributed by atoms with van der Waals surface area (Å²) in [7, 11) is -3.69. The molecule has 1 aliphatic rings. The lowest BCUT2D eigenvalue weighted by Crippen LogP contribution is -2.39. The first-order chi connectivity index (χ1) is 15.4. The second-order valence-electron chi connectivity index (χ2n) is 8.28. The highest BCUT2D eigenvalue weighted by atomic mass is 32.2. The number of imidazole rings is 1. The van der Waals surface area contributed by atoms with Gasteiger partial charge >= 0.3 is 5.69 Å². The Kier molecular flexibility index (Phi) is 5.19. The third-order valence-corrected chi connectivity index (χ3v) is 7.87. The highest BCUT2D eigenvalue weighted by molar-refractivity contribution is 7.89. The summed E-state index contributed by atoms with van der Waals surface area (Å²) in [6.45, 7) is 2.83. The largest absolute Gasteiger partial charge is 0.323 e. The van der Waals surface area contributed by atoms with Crippen LogP contribution in [-0.2, 0) is 10.0 Å². The van der Waals surface area contributed by atoms with Gasteiger partial charge < -0.3 is 9.97 Å². The number of hydrogen-bond acceptors (Lipinski definition) is 4. The molecule has 4 aromatic rings. The summed E-state index contributed by atoms with van der Waals surface area (Å²) in [5, 5.41) is 0. The zero-order valence-electron chi connectivity index (χ0n) is 17.7. The Morgan fingerprint density at radius 2 is 1.75 bits per heavy atom. The van der Waals surface area contributed by atoms with Crippen LogP contribution in [0.15, 0.2) is 70.4 Å². The average molecular weight is 449 g/mol. The molecule has 0 aliphatic carbocycles. The van der Waals surface area contributed by atoms with Crippen LogP contribution in [0.5, 0.6) is 0 Å². The number of aryl methyl sites for hydroxylation is 1. The molecular formula is C24H24N4O3S. The van der Waals surface area contributed by atoms with E-state index in [2.05, 4.69) is 34.2 Å². The third kappa shape index (κ3) is 3.87. The van der Waals surface area contributed by atoms with Crippen molar-refractivity contribution in [1.82, 2.24) is 19.3 Å². The number of H-pyrrole nitrogens is 2. The Morgan fingerprint density at radius 3 is 2.56 bits per heavy atom. The van der Waals surface area contributed by atoms with Crippen LogP contribution in [0.1, 0.15) is 30.1 Å². The summed E-state index contributed by atoms with van der Waals surface area (Å²) in [6.07, 6.45) is 1.66. The molecule has 1 fully saturated rings. The molecule has 3 heterocycles. The van der Waals surface area contributed by atoms with Crippen LogP contribution in [0.3, 0.4) is 0 Å². The summed E-state index contributed by atoms with van der Waals surface area (Å²) in [4.78, 5) is 21.7. The quantitative estimate of drug-likeness (QED) is 0.496. The fraction of sp³-hybridized carbons (Fsp3) is 0.250. The summed E-state index contributed by atoms with van der Waals surface area (Å²) in [6, 6.07) is 19.0. The molecule has 1 saturated heterocycles. The highest BCUT2D eigenvalue weighted by Gasteiger charge is 2.32. The minimum Gasteiger partial charge on any atom is -0.306 e. The molecule has 0 radical (unpaired) electrons. The molecule has 0 saturated carbocycles. The van der Waals surface area contributed by atoms with Crippen LogP contribution in [0.4, 0.5) is 0 Å². The van der Waals surface area contributed by atoms with Crippen molar-refractivity contribution in [2.24, 2.45) is 0 Å². The molecule has 1 atom stereocenters. The van der Waals surface area contributed by atoms with E-state index in [9.17, 15) is 13.2 Å². The van der Waals surface area contributed by atoms with E-state index in [-0.39, 0.29) is 16.5 Å². The van der Waals surface area contributed by atoms with Crippen molar-refractivity contribution < 1.29 is 8.42 Å². The molecule has 8 heteroatoms. The monoisotopic (exact) mass is 448 g/mol. The van der Waals surface area contributed by atoms with E-state index in [4.69, 9.17) is 4.98 Å². The molecule has 0 spiro atoms. The van der Waals surface area contributed by atoms with E-state index in [0.717, 1.165) is 35.4 Å². The van der Waals surface area contributed by atoms with Crippen molar-refractivity contribution in [3.8, 4) is 11.1 Å². The molecule has 32 heavy (non-hydrogen) atoms. The Labute approximate surface area is 186 Å². The smallest absolute Gasteiger partial charge is 0.306 e. The molecule has 0 bridgehead atoms. The fourth-order valence-electron chi connectivity index (χ4n) is 4.42. The predicted molar refractivity (Wildman–Crippen MR) is 124 cm³/mol. The van der Waals surface area contributed by atoms with Crippen LogP contribution in [0.25, 0.3) is 22.2 Å². The van der Waals surface area contributed by atoms with Gasteiger partial charge in [-0.1, -0.05) is 30.3 Å². The molecule has 2 aromatic heterocycles. The van der Waals surface area contributed by atoms with Crippen molar-refractivity contribution in [1.29, 1.82) is 0 Å². The number of pyridine rings is 1. The highest BCUT2D eigenvalue weighted by Crippen LogP contribution is 2.32. The number of fused-ring (bicyclic) bond motifs is 1. The number of nitrogens with one attached hydrogen (secondary N) is 2. The number of aromatic nitrogens is 3. The molecule has 0 unspecified atom stereocenters. The van der Waals surface area contributed by atoms with Crippen molar-refractivity contribution in [3.05, 3.63) is 82.5 Å². The summed E-state index contributed by atoms with van der Waals surface area (Å²) >= 11 is 0. The lowest BCUT2D eigenvalue weighted by Gasteiger charge is -2.32. The zero-order chi connectivity index (χ0) is 22.3. The van der Waals surface area contributed by atoms with E-state index in [0.29, 0.717) is 24.1 Å². The van der Waals surface area contributed by atoms with E-state index < -0.39 is 10.0 Å². The maximum absolute atomic E-state index is 13.4. The summed E-state index contributed by atoms with van der Waals surface area (Å²) in [5.74, 6) is 0.0247. The predicted octanol–water partition coefficient (Wildman–Crippen LogP) is 3.79. The molecule has 2 N–H and O–H groups in total. The normalized spacial score (nSPS) is 17.6. The Morgan fingerprint density at radius 1 is 0.969 bits per heavy atom. The number of nitrogens with zero attached hydrogens (tertiary/aromatic N) is 2. The van der Waals surface area contributed by atoms with Gasteiger partial charge in [0.25, 0.3) is 0 Å². The van der Waals surface area contributed by atoms with Gasteiger partial charge in [-0.3, -0.25) is 4.98 Å². The summed E-state index contributed by atoms with van der Waals surface area (Å²) in [5.41, 5.74) is 4.77. The van der Waals surface area contributed by atoms with Gasteiger partial charge in [0.1, 0.15) is 0 Å². The second-order valence-corrected chi connectivity index (χ2v) is 10.2. The maximum Gasteiger partial charge on any atom is 0.323 e. The zero-order valence-corrected chi connectivity index (χ0v) is 18.5. The van der Waals surface area contributed by atoms with Gasteiger partial charge in [-0.2, -0.15) is 4.31 Å². The molecular weight excluding hydrogens is 424 g/mol. The van der Waals surface area contributed by atoms with E-state index >= 15 is 0 Å². The Bertz CT molecular complexity index is 1440. The number of piperidine rings is 1. The molecule has 0 amide bonds. The van der Waals surface area contributed by atoms with Crippen LogP contribution < -0.4 is 5.69 Å². The van der Waals surface area contributed by atoms with E-state index in [1.807, 2.05) is 25.1 Å². The van der Waals surface area contributed by atoms with Gasteiger partial charge in [-0.15, -0.1) is 0 Å². The Hall–Kier alpha value is -3.23. The molecule has 2 aromatic carbocycles. The average Bonchev–Trinajstić information content (AvgIpc) is 3.18. The van der Waals surface area contributed by atoms with Crippen molar-refractivity contribution in [3.63, 3.8) is 0 Å². The number of sulfonamides is 1. The van der Waals surface area contributed by atoms with Gasteiger partial charge in [-0.25, -0.2) is 13.2 Å². The second kappa shape index (κ2) is 8.03. The minimum absolute atomic E-state index is 0.0247. The van der Waals surface area contributed by atoms with Gasteiger partial charge in [0.05, 0.1) is 15.9 Å². The maximum atomic E-state index is 13.4. The lowest BCUT2D eigenvalue weighted by molar-refractivity contribution is 0.312. The summed E-state index contributed by atoms with van der Waals surface area (Å²) < 4.78 is 28.3. The molecule has 1 aliphatic heterocycles. The van der Waals surface area contributed by atoms with Crippen molar-refractivity contribution in [2.75, 3.05) is 13.1 Å². The van der Waals surface area contributed by atoms with Crippen molar-refractivity contribution >= 4 is 21.1 Å². The van der Waals surface area contributed by atoms with E-state index in [1.165, 1.54) is 6.07 Å².